The van der Waals surface area contributed by atoms with Crippen molar-refractivity contribution in [2.45, 2.75) is 142 Å². The maximum absolute atomic E-state index is 6.16. The van der Waals surface area contributed by atoms with E-state index in [4.69, 9.17) is 4.74 Å². The fourth-order valence-electron chi connectivity index (χ4n) is 5.67. The molecule has 0 bridgehead atoms. The quantitative estimate of drug-likeness (QED) is 0.275. The Morgan fingerprint density at radius 1 is 0.556 bits per heavy atom. The molecule has 0 radical (unpaired) electrons. The van der Waals surface area contributed by atoms with Crippen LogP contribution in [0.5, 0.6) is 0 Å². The van der Waals surface area contributed by atoms with Crippen molar-refractivity contribution in [1.82, 2.24) is 0 Å². The van der Waals surface area contributed by atoms with E-state index in [0.29, 0.717) is 6.10 Å². The van der Waals surface area contributed by atoms with Gasteiger partial charge in [-0.15, -0.1) is 0 Å². The van der Waals surface area contributed by atoms with Crippen molar-refractivity contribution in [3.63, 3.8) is 0 Å². The van der Waals surface area contributed by atoms with Crippen LogP contribution in [0.4, 0.5) is 0 Å². The second kappa shape index (κ2) is 14.9. The van der Waals surface area contributed by atoms with Gasteiger partial charge in [0.05, 0.1) is 6.10 Å². The van der Waals surface area contributed by atoms with Crippen molar-refractivity contribution in [3.8, 4) is 0 Å². The van der Waals surface area contributed by atoms with Crippen LogP contribution < -0.4 is 0 Å². The van der Waals surface area contributed by atoms with E-state index in [-0.39, 0.29) is 0 Å². The molecule has 2 fully saturated rings. The summed E-state index contributed by atoms with van der Waals surface area (Å²) >= 11 is 0. The van der Waals surface area contributed by atoms with Crippen molar-refractivity contribution in [2.24, 2.45) is 17.8 Å². The highest BCUT2D eigenvalue weighted by atomic mass is 16.5. The van der Waals surface area contributed by atoms with Crippen LogP contribution in [0.2, 0.25) is 0 Å². The predicted octanol–water partition coefficient (Wildman–Crippen LogP) is 8.70. The van der Waals surface area contributed by atoms with Crippen LogP contribution in [0, 0.1) is 17.8 Å². The highest BCUT2D eigenvalue weighted by molar-refractivity contribution is 4.82. The summed E-state index contributed by atoms with van der Waals surface area (Å²) in [6.07, 6.45) is 27.9. The van der Waals surface area contributed by atoms with Crippen LogP contribution in [0.1, 0.15) is 136 Å². The Bertz CT molecular complexity index is 323. The number of ether oxygens (including phenoxy) is 1. The van der Waals surface area contributed by atoms with Crippen LogP contribution in [-0.4, -0.2) is 12.7 Å². The van der Waals surface area contributed by atoms with Crippen molar-refractivity contribution in [3.05, 3.63) is 0 Å². The number of rotatable bonds is 14. The maximum atomic E-state index is 6.16. The summed E-state index contributed by atoms with van der Waals surface area (Å²) in [5.41, 5.74) is 0. The van der Waals surface area contributed by atoms with E-state index in [2.05, 4.69) is 13.8 Å². The summed E-state index contributed by atoms with van der Waals surface area (Å²) in [4.78, 5) is 0. The standard InChI is InChI=1S/C26H50O/c1-3-5-7-9-10-11-13-23-14-16-24(17-15-23)25-18-20-26(21-19-25)27-22-12-8-6-4-2/h23-26H,3-22H2,1-2H3/t23?,24?,25-,26-. The highest BCUT2D eigenvalue weighted by Gasteiger charge is 2.30. The molecule has 0 unspecified atom stereocenters. The Labute approximate surface area is 171 Å². The molecule has 1 nitrogen and oxygen atoms in total. The number of unbranched alkanes of at least 4 members (excludes halogenated alkanes) is 8. The van der Waals surface area contributed by atoms with E-state index in [9.17, 15) is 0 Å². The minimum Gasteiger partial charge on any atom is -0.378 e. The summed E-state index contributed by atoms with van der Waals surface area (Å²) in [5, 5.41) is 0. The lowest BCUT2D eigenvalue weighted by Gasteiger charge is -2.38. The zero-order valence-corrected chi connectivity index (χ0v) is 18.9. The Morgan fingerprint density at radius 2 is 1.07 bits per heavy atom. The molecule has 0 aromatic rings. The number of hydrogen-bond donors (Lipinski definition) is 0. The minimum absolute atomic E-state index is 0.590. The number of hydrogen-bond acceptors (Lipinski definition) is 1. The summed E-state index contributed by atoms with van der Waals surface area (Å²) in [6.45, 7) is 5.61. The molecule has 160 valence electrons. The third-order valence-electron chi connectivity index (χ3n) is 7.59. The minimum atomic E-state index is 0.590. The SMILES string of the molecule is CCCCCCCCC1CCC([C@H]2CC[C@H](OCCCCCC)CC2)CC1. The van der Waals surface area contributed by atoms with E-state index in [1.54, 1.807) is 0 Å². The maximum Gasteiger partial charge on any atom is 0.0575 e. The highest BCUT2D eigenvalue weighted by Crippen LogP contribution is 2.41. The second-order valence-electron chi connectivity index (χ2n) is 9.81. The Hall–Kier alpha value is -0.0400. The Balaban J connectivity index is 1.48. The van der Waals surface area contributed by atoms with Gasteiger partial charge in [-0.2, -0.15) is 0 Å². The molecule has 27 heavy (non-hydrogen) atoms. The second-order valence-corrected chi connectivity index (χ2v) is 9.81. The fraction of sp³-hybridized carbons (Fsp3) is 1.00. The topological polar surface area (TPSA) is 9.23 Å². The van der Waals surface area contributed by atoms with Gasteiger partial charge in [-0.05, 0) is 62.7 Å². The lowest BCUT2D eigenvalue weighted by atomic mass is 9.70. The molecule has 2 saturated carbocycles. The van der Waals surface area contributed by atoms with Crippen LogP contribution in [0.25, 0.3) is 0 Å². The van der Waals surface area contributed by atoms with Gasteiger partial charge < -0.3 is 4.74 Å². The first kappa shape index (κ1) is 23.2. The molecule has 1 heteroatoms. The van der Waals surface area contributed by atoms with Crippen LogP contribution in [0.3, 0.4) is 0 Å². The normalized spacial score (nSPS) is 29.1. The van der Waals surface area contributed by atoms with Crippen molar-refractivity contribution in [1.29, 1.82) is 0 Å². The molecule has 0 saturated heterocycles. The zero-order valence-electron chi connectivity index (χ0n) is 18.9. The molecule has 0 aliphatic heterocycles. The molecule has 2 aliphatic carbocycles. The lowest BCUT2D eigenvalue weighted by Crippen LogP contribution is -2.28. The molecule has 0 aromatic carbocycles. The van der Waals surface area contributed by atoms with Gasteiger partial charge in [0.2, 0.25) is 0 Å². The van der Waals surface area contributed by atoms with Gasteiger partial charge >= 0.3 is 0 Å². The summed E-state index contributed by atoms with van der Waals surface area (Å²) < 4.78 is 6.16. The zero-order chi connectivity index (χ0) is 19.2. The first-order valence-electron chi connectivity index (χ1n) is 12.9. The molecular weight excluding hydrogens is 328 g/mol. The first-order valence-corrected chi connectivity index (χ1v) is 12.9. The van der Waals surface area contributed by atoms with Gasteiger partial charge in [-0.3, -0.25) is 0 Å². The van der Waals surface area contributed by atoms with Crippen molar-refractivity contribution >= 4 is 0 Å². The summed E-state index contributed by atoms with van der Waals surface area (Å²) in [7, 11) is 0. The largest absolute Gasteiger partial charge is 0.378 e. The van der Waals surface area contributed by atoms with Crippen LogP contribution in [-0.2, 0) is 4.74 Å². The molecule has 0 N–H and O–H groups in total. The summed E-state index contributed by atoms with van der Waals surface area (Å²) in [5.74, 6) is 3.14. The Kier molecular flexibility index (Phi) is 12.8. The molecule has 0 atom stereocenters. The molecule has 0 aromatic heterocycles. The summed E-state index contributed by atoms with van der Waals surface area (Å²) in [6, 6.07) is 0. The monoisotopic (exact) mass is 378 g/mol. The third-order valence-corrected chi connectivity index (χ3v) is 7.59. The lowest BCUT2D eigenvalue weighted by molar-refractivity contribution is 0.00529. The first-order chi connectivity index (χ1) is 13.3. The van der Waals surface area contributed by atoms with Gasteiger partial charge in [0, 0.05) is 6.61 Å². The predicted molar refractivity (Wildman–Crippen MR) is 119 cm³/mol. The molecule has 0 amide bonds. The van der Waals surface area contributed by atoms with E-state index < -0.39 is 0 Å². The molecule has 2 aliphatic rings. The molecule has 0 spiro atoms. The van der Waals surface area contributed by atoms with Gasteiger partial charge in [0.25, 0.3) is 0 Å². The van der Waals surface area contributed by atoms with E-state index >= 15 is 0 Å². The van der Waals surface area contributed by atoms with Crippen molar-refractivity contribution < 1.29 is 4.74 Å². The average molecular weight is 379 g/mol. The van der Waals surface area contributed by atoms with E-state index in [1.165, 1.54) is 122 Å². The van der Waals surface area contributed by atoms with Crippen LogP contribution >= 0.6 is 0 Å². The Morgan fingerprint density at radius 3 is 1.70 bits per heavy atom. The smallest absolute Gasteiger partial charge is 0.0575 e. The van der Waals surface area contributed by atoms with Crippen molar-refractivity contribution in [2.75, 3.05) is 6.61 Å². The van der Waals surface area contributed by atoms with Gasteiger partial charge in [0.15, 0.2) is 0 Å². The van der Waals surface area contributed by atoms with Gasteiger partial charge in [0.1, 0.15) is 0 Å². The third kappa shape index (κ3) is 9.82. The average Bonchev–Trinajstić information content (AvgIpc) is 2.71. The fourth-order valence-corrected chi connectivity index (χ4v) is 5.67. The molecular formula is C26H50O. The molecule has 2 rings (SSSR count). The van der Waals surface area contributed by atoms with Crippen LogP contribution in [0.15, 0.2) is 0 Å². The van der Waals surface area contributed by atoms with Gasteiger partial charge in [-0.1, -0.05) is 90.9 Å². The van der Waals surface area contributed by atoms with E-state index in [1.807, 2.05) is 0 Å². The molecule has 0 heterocycles. The van der Waals surface area contributed by atoms with E-state index in [0.717, 1.165) is 24.4 Å². The van der Waals surface area contributed by atoms with Gasteiger partial charge in [-0.25, -0.2) is 0 Å².